The van der Waals surface area contributed by atoms with Gasteiger partial charge in [0.25, 0.3) is 5.91 Å². The van der Waals surface area contributed by atoms with E-state index in [1.54, 1.807) is 30.5 Å². The first-order chi connectivity index (χ1) is 19.0. The molecule has 2 N–H and O–H groups in total. The zero-order valence-corrected chi connectivity index (χ0v) is 21.0. The fraction of sp³-hybridized carbons (Fsp3) is 0.0606. The maximum absolute atomic E-state index is 13.6. The molecule has 6 nitrogen and oxygen atoms in total. The Morgan fingerprint density at radius 1 is 0.769 bits per heavy atom. The Labute approximate surface area is 225 Å². The molecule has 0 saturated heterocycles. The van der Waals surface area contributed by atoms with Crippen molar-refractivity contribution in [3.63, 3.8) is 0 Å². The van der Waals surface area contributed by atoms with Crippen LogP contribution in [0.1, 0.15) is 31.8 Å². The molecule has 39 heavy (non-hydrogen) atoms. The third-order valence-electron chi connectivity index (χ3n) is 6.89. The Balaban J connectivity index is 1.36. The number of carboxylic acids is 1. The van der Waals surface area contributed by atoms with Gasteiger partial charge in [-0.15, -0.1) is 0 Å². The van der Waals surface area contributed by atoms with Gasteiger partial charge < -0.3 is 15.0 Å². The molecule has 0 aliphatic heterocycles. The van der Waals surface area contributed by atoms with Crippen molar-refractivity contribution in [3.8, 4) is 11.1 Å². The minimum absolute atomic E-state index is 0.194. The summed E-state index contributed by atoms with van der Waals surface area (Å²) in [5.41, 5.74) is 6.50. The van der Waals surface area contributed by atoms with Gasteiger partial charge in [-0.1, -0.05) is 60.7 Å². The summed E-state index contributed by atoms with van der Waals surface area (Å²) in [6.07, 6.45) is 3.81. The van der Waals surface area contributed by atoms with Crippen LogP contribution in [0, 0.1) is 0 Å². The quantitative estimate of drug-likeness (QED) is 0.255. The van der Waals surface area contributed by atoms with Crippen molar-refractivity contribution in [2.75, 3.05) is 0 Å². The Kier molecular flexibility index (Phi) is 6.35. The summed E-state index contributed by atoms with van der Waals surface area (Å²) in [4.78, 5) is 29.3. The van der Waals surface area contributed by atoms with Crippen molar-refractivity contribution >= 4 is 33.7 Å². The molecule has 6 heteroatoms. The lowest BCUT2D eigenvalue weighted by molar-refractivity contribution is 0.0696. The second kappa shape index (κ2) is 10.3. The monoisotopic (exact) mass is 511 g/mol. The number of hydrogen-bond acceptors (Lipinski definition) is 3. The van der Waals surface area contributed by atoms with Gasteiger partial charge in [0.15, 0.2) is 0 Å². The van der Waals surface area contributed by atoms with Gasteiger partial charge >= 0.3 is 5.97 Å². The molecule has 1 amide bonds. The Bertz CT molecular complexity index is 1820. The third kappa shape index (κ3) is 5.00. The molecule has 0 aliphatic rings. The molecule has 6 rings (SSSR count). The average Bonchev–Trinajstić information content (AvgIpc) is 3.38. The first-order valence-electron chi connectivity index (χ1n) is 12.7. The number of carbonyl (C=O) groups is 2. The van der Waals surface area contributed by atoms with E-state index in [-0.39, 0.29) is 18.0 Å². The van der Waals surface area contributed by atoms with Gasteiger partial charge in [-0.25, -0.2) is 4.79 Å². The summed E-state index contributed by atoms with van der Waals surface area (Å²) < 4.78 is 2.10. The van der Waals surface area contributed by atoms with Crippen molar-refractivity contribution in [1.29, 1.82) is 0 Å². The Morgan fingerprint density at radius 2 is 1.56 bits per heavy atom. The van der Waals surface area contributed by atoms with Crippen LogP contribution in [0.5, 0.6) is 0 Å². The van der Waals surface area contributed by atoms with E-state index in [1.807, 2.05) is 60.8 Å². The Morgan fingerprint density at radius 3 is 2.36 bits per heavy atom. The van der Waals surface area contributed by atoms with Crippen molar-refractivity contribution in [2.24, 2.45) is 0 Å². The molecule has 0 spiro atoms. The van der Waals surface area contributed by atoms with Crippen molar-refractivity contribution in [1.82, 2.24) is 14.9 Å². The second-order valence-electron chi connectivity index (χ2n) is 9.49. The number of rotatable bonds is 7. The number of benzene rings is 4. The number of aromatic carboxylic acids is 1. The van der Waals surface area contributed by atoms with E-state index >= 15 is 0 Å². The van der Waals surface area contributed by atoms with Crippen LogP contribution in [0.25, 0.3) is 32.9 Å². The number of nitrogens with zero attached hydrogens (tertiary/aromatic N) is 2. The Hall–Kier alpha value is -5.23. The van der Waals surface area contributed by atoms with Crippen LogP contribution in [0.3, 0.4) is 0 Å². The van der Waals surface area contributed by atoms with E-state index in [2.05, 4.69) is 39.1 Å². The maximum Gasteiger partial charge on any atom is 0.335 e. The number of hydrogen-bond donors (Lipinski definition) is 2. The molecule has 0 unspecified atom stereocenters. The van der Waals surface area contributed by atoms with Crippen LogP contribution in [0.4, 0.5) is 0 Å². The third-order valence-corrected chi connectivity index (χ3v) is 6.89. The first-order valence-corrected chi connectivity index (χ1v) is 12.7. The molecule has 2 aromatic heterocycles. The van der Waals surface area contributed by atoms with Crippen LogP contribution in [-0.4, -0.2) is 26.5 Å². The SMILES string of the molecule is O=C(O)c1ccc(CNC(=O)c2cc(-c3ccccc3)cc3ccn(Cc4ccc5cccnc5c4)c23)cc1. The smallest absolute Gasteiger partial charge is 0.335 e. The highest BCUT2D eigenvalue weighted by atomic mass is 16.4. The van der Waals surface area contributed by atoms with Gasteiger partial charge in [0.1, 0.15) is 0 Å². The first kappa shape index (κ1) is 24.1. The number of fused-ring (bicyclic) bond motifs is 2. The highest BCUT2D eigenvalue weighted by Gasteiger charge is 2.17. The van der Waals surface area contributed by atoms with Gasteiger partial charge in [0, 0.05) is 36.3 Å². The number of carboxylic acid groups (broad SMARTS) is 1. The molecule has 190 valence electrons. The predicted molar refractivity (Wildman–Crippen MR) is 153 cm³/mol. The van der Waals surface area contributed by atoms with Crippen LogP contribution >= 0.6 is 0 Å². The molecule has 0 atom stereocenters. The highest BCUT2D eigenvalue weighted by molar-refractivity contribution is 6.08. The molecule has 0 radical (unpaired) electrons. The molecule has 4 aromatic carbocycles. The van der Waals surface area contributed by atoms with Crippen LogP contribution in [0.2, 0.25) is 0 Å². The molecular weight excluding hydrogens is 486 g/mol. The number of aromatic nitrogens is 2. The van der Waals surface area contributed by atoms with E-state index in [4.69, 9.17) is 5.11 Å². The van der Waals surface area contributed by atoms with Crippen molar-refractivity contribution < 1.29 is 14.7 Å². The number of pyridine rings is 1. The standard InChI is InChI=1S/C33H25N3O3/c37-32(35-20-22-8-12-26(13-9-22)33(38)39)29-19-28(24-5-2-1-3-6-24)18-27-14-16-36(31(27)29)21-23-10-11-25-7-4-15-34-30(25)17-23/h1-19H,20-21H2,(H,35,37)(H,38,39). The lowest BCUT2D eigenvalue weighted by Crippen LogP contribution is -2.23. The summed E-state index contributed by atoms with van der Waals surface area (Å²) >= 11 is 0. The lowest BCUT2D eigenvalue weighted by atomic mass is 9.99. The van der Waals surface area contributed by atoms with E-state index in [0.29, 0.717) is 12.1 Å². The summed E-state index contributed by atoms with van der Waals surface area (Å²) in [5.74, 6) is -1.17. The molecule has 0 fully saturated rings. The topological polar surface area (TPSA) is 84.2 Å². The molecule has 6 aromatic rings. The van der Waals surface area contributed by atoms with Gasteiger partial charge in [0.05, 0.1) is 22.2 Å². The number of amides is 1. The summed E-state index contributed by atoms with van der Waals surface area (Å²) in [7, 11) is 0. The van der Waals surface area contributed by atoms with E-state index in [0.717, 1.165) is 44.1 Å². The second-order valence-corrected chi connectivity index (χ2v) is 9.49. The van der Waals surface area contributed by atoms with Gasteiger partial charge in [0.2, 0.25) is 0 Å². The lowest BCUT2D eigenvalue weighted by Gasteiger charge is -2.13. The van der Waals surface area contributed by atoms with Gasteiger partial charge in [-0.2, -0.15) is 0 Å². The highest BCUT2D eigenvalue weighted by Crippen LogP contribution is 2.30. The molecule has 0 aliphatic carbocycles. The van der Waals surface area contributed by atoms with Crippen LogP contribution < -0.4 is 5.32 Å². The molecular formula is C33H25N3O3. The zero-order valence-electron chi connectivity index (χ0n) is 21.0. The van der Waals surface area contributed by atoms with Crippen LogP contribution in [0.15, 0.2) is 116 Å². The van der Waals surface area contributed by atoms with E-state index in [9.17, 15) is 9.59 Å². The van der Waals surface area contributed by atoms with Gasteiger partial charge in [-0.05, 0) is 64.7 Å². The molecule has 0 saturated carbocycles. The zero-order chi connectivity index (χ0) is 26.8. The average molecular weight is 512 g/mol. The van der Waals surface area contributed by atoms with E-state index in [1.165, 1.54) is 0 Å². The van der Waals surface area contributed by atoms with E-state index < -0.39 is 5.97 Å². The minimum atomic E-state index is -0.978. The summed E-state index contributed by atoms with van der Waals surface area (Å²) in [6, 6.07) is 32.9. The summed E-state index contributed by atoms with van der Waals surface area (Å²) in [6.45, 7) is 0.879. The maximum atomic E-state index is 13.6. The molecule has 2 heterocycles. The normalized spacial score (nSPS) is 11.1. The largest absolute Gasteiger partial charge is 0.478 e. The number of nitrogens with one attached hydrogen (secondary N) is 1. The van der Waals surface area contributed by atoms with Crippen LogP contribution in [-0.2, 0) is 13.1 Å². The minimum Gasteiger partial charge on any atom is -0.478 e. The van der Waals surface area contributed by atoms with Crippen molar-refractivity contribution in [2.45, 2.75) is 13.1 Å². The fourth-order valence-corrected chi connectivity index (χ4v) is 4.90. The van der Waals surface area contributed by atoms with Gasteiger partial charge in [-0.3, -0.25) is 9.78 Å². The predicted octanol–water partition coefficient (Wildman–Crippen LogP) is 6.53. The number of carbonyl (C=O) groups excluding carboxylic acids is 1. The summed E-state index contributed by atoms with van der Waals surface area (Å²) in [5, 5.41) is 14.2. The fourth-order valence-electron chi connectivity index (χ4n) is 4.90. The molecule has 0 bridgehead atoms. The van der Waals surface area contributed by atoms with Crippen molar-refractivity contribution in [3.05, 3.63) is 138 Å².